The molecule has 104 valence electrons. The second-order valence-electron chi connectivity index (χ2n) is 4.47. The number of anilines is 1. The Hall–Kier alpha value is -2.04. The van der Waals surface area contributed by atoms with Crippen LogP contribution in [0.1, 0.15) is 38.2 Å². The average molecular weight is 263 g/mol. The van der Waals surface area contributed by atoms with Gasteiger partial charge in [-0.3, -0.25) is 4.79 Å². The van der Waals surface area contributed by atoms with Crippen LogP contribution in [0.25, 0.3) is 0 Å². The largest absolute Gasteiger partial charge is 0.409 e. The summed E-state index contributed by atoms with van der Waals surface area (Å²) in [6.45, 7) is 2.11. The highest BCUT2D eigenvalue weighted by atomic mass is 16.4. The number of rotatable bonds is 7. The summed E-state index contributed by atoms with van der Waals surface area (Å²) in [5.74, 6) is 0.203. The first-order chi connectivity index (χ1) is 9.15. The van der Waals surface area contributed by atoms with Crippen molar-refractivity contribution in [3.8, 4) is 0 Å². The van der Waals surface area contributed by atoms with Crippen LogP contribution < -0.4 is 11.1 Å². The van der Waals surface area contributed by atoms with Gasteiger partial charge in [-0.1, -0.05) is 37.1 Å². The van der Waals surface area contributed by atoms with Gasteiger partial charge in [-0.15, -0.1) is 0 Å². The van der Waals surface area contributed by atoms with Gasteiger partial charge in [0.25, 0.3) is 0 Å². The number of nitrogens with two attached hydrogens (primary N) is 1. The maximum absolute atomic E-state index is 11.6. The monoisotopic (exact) mass is 263 g/mol. The average Bonchev–Trinajstić information content (AvgIpc) is 2.41. The predicted octanol–water partition coefficient (Wildman–Crippen LogP) is 2.49. The molecule has 0 aliphatic rings. The molecule has 1 amide bonds. The van der Waals surface area contributed by atoms with E-state index in [2.05, 4.69) is 17.4 Å². The maximum atomic E-state index is 11.6. The molecule has 19 heavy (non-hydrogen) atoms. The van der Waals surface area contributed by atoms with Gasteiger partial charge < -0.3 is 16.3 Å². The van der Waals surface area contributed by atoms with Gasteiger partial charge in [0.05, 0.1) is 0 Å². The molecule has 1 aromatic rings. The number of carbonyl (C=O) groups is 1. The van der Waals surface area contributed by atoms with Gasteiger partial charge in [0, 0.05) is 18.5 Å². The highest BCUT2D eigenvalue weighted by molar-refractivity contribution is 5.90. The number of carbonyl (C=O) groups excluding carboxylic acids is 1. The van der Waals surface area contributed by atoms with Crippen molar-refractivity contribution in [2.24, 2.45) is 10.9 Å². The fourth-order valence-electron chi connectivity index (χ4n) is 1.71. The predicted molar refractivity (Wildman–Crippen MR) is 76.3 cm³/mol. The summed E-state index contributed by atoms with van der Waals surface area (Å²) in [7, 11) is 0. The fraction of sp³-hybridized carbons (Fsp3) is 0.429. The number of oxime groups is 1. The van der Waals surface area contributed by atoms with Gasteiger partial charge in [0.15, 0.2) is 0 Å². The number of amidine groups is 1. The molecule has 0 aliphatic carbocycles. The summed E-state index contributed by atoms with van der Waals surface area (Å²) in [6.07, 6.45) is 4.05. The van der Waals surface area contributed by atoms with E-state index in [9.17, 15) is 4.79 Å². The Kier molecular flexibility index (Phi) is 6.43. The summed E-state index contributed by atoms with van der Waals surface area (Å²) in [5, 5.41) is 14.2. The first-order valence-electron chi connectivity index (χ1n) is 6.51. The van der Waals surface area contributed by atoms with Crippen LogP contribution in [0.4, 0.5) is 5.69 Å². The van der Waals surface area contributed by atoms with E-state index >= 15 is 0 Å². The van der Waals surface area contributed by atoms with E-state index in [-0.39, 0.29) is 11.7 Å². The van der Waals surface area contributed by atoms with Crippen molar-refractivity contribution in [1.29, 1.82) is 0 Å². The molecular weight excluding hydrogens is 242 g/mol. The van der Waals surface area contributed by atoms with Crippen LogP contribution in [-0.2, 0) is 11.2 Å². The van der Waals surface area contributed by atoms with E-state index in [0.717, 1.165) is 30.5 Å². The molecule has 0 saturated heterocycles. The highest BCUT2D eigenvalue weighted by Gasteiger charge is 2.02. The summed E-state index contributed by atoms with van der Waals surface area (Å²) < 4.78 is 0. The second-order valence-corrected chi connectivity index (χ2v) is 4.47. The van der Waals surface area contributed by atoms with Crippen molar-refractivity contribution in [3.63, 3.8) is 0 Å². The van der Waals surface area contributed by atoms with Crippen molar-refractivity contribution < 1.29 is 10.0 Å². The minimum absolute atomic E-state index is 0.0395. The lowest BCUT2D eigenvalue weighted by Crippen LogP contribution is -2.15. The molecule has 0 radical (unpaired) electrons. The number of amides is 1. The van der Waals surface area contributed by atoms with Crippen LogP contribution in [0.2, 0.25) is 0 Å². The van der Waals surface area contributed by atoms with Crippen molar-refractivity contribution in [1.82, 2.24) is 0 Å². The van der Waals surface area contributed by atoms with Crippen molar-refractivity contribution in [2.45, 2.75) is 39.0 Å². The lowest BCUT2D eigenvalue weighted by molar-refractivity contribution is -0.116. The van der Waals surface area contributed by atoms with E-state index in [1.807, 2.05) is 24.3 Å². The van der Waals surface area contributed by atoms with E-state index < -0.39 is 0 Å². The van der Waals surface area contributed by atoms with E-state index in [1.54, 1.807) is 0 Å². The van der Waals surface area contributed by atoms with Gasteiger partial charge in [0.2, 0.25) is 5.91 Å². The number of hydrogen-bond donors (Lipinski definition) is 3. The normalized spacial score (nSPS) is 11.3. The molecule has 0 spiro atoms. The molecule has 0 aromatic heterocycles. The Balaban J connectivity index is 2.45. The SMILES string of the molecule is CCCCCC(=O)Nc1ccc(CC(N)=NO)cc1. The number of benzene rings is 1. The van der Waals surface area contributed by atoms with E-state index in [0.29, 0.717) is 12.8 Å². The zero-order valence-electron chi connectivity index (χ0n) is 11.2. The Morgan fingerprint density at radius 2 is 2.00 bits per heavy atom. The number of hydrogen-bond acceptors (Lipinski definition) is 3. The lowest BCUT2D eigenvalue weighted by atomic mass is 10.1. The number of unbranched alkanes of at least 4 members (excludes halogenated alkanes) is 2. The van der Waals surface area contributed by atoms with Gasteiger partial charge in [-0.2, -0.15) is 0 Å². The van der Waals surface area contributed by atoms with Crippen molar-refractivity contribution >= 4 is 17.4 Å². The minimum Gasteiger partial charge on any atom is -0.409 e. The molecule has 0 unspecified atom stereocenters. The molecule has 5 nitrogen and oxygen atoms in total. The minimum atomic E-state index is 0.0395. The fourth-order valence-corrected chi connectivity index (χ4v) is 1.71. The molecule has 4 N–H and O–H groups in total. The number of nitrogens with one attached hydrogen (secondary N) is 1. The van der Waals surface area contributed by atoms with E-state index in [1.165, 1.54) is 0 Å². The molecule has 0 saturated carbocycles. The van der Waals surface area contributed by atoms with Gasteiger partial charge in [0.1, 0.15) is 5.84 Å². The summed E-state index contributed by atoms with van der Waals surface area (Å²) in [5.41, 5.74) is 7.12. The van der Waals surface area contributed by atoms with Crippen molar-refractivity contribution in [3.05, 3.63) is 29.8 Å². The van der Waals surface area contributed by atoms with Crippen molar-refractivity contribution in [2.75, 3.05) is 5.32 Å². The Bertz CT molecular complexity index is 427. The molecule has 1 aromatic carbocycles. The van der Waals surface area contributed by atoms with Gasteiger partial charge in [-0.25, -0.2) is 0 Å². The second kappa shape index (κ2) is 8.13. The zero-order valence-corrected chi connectivity index (χ0v) is 11.2. The number of nitrogens with zero attached hydrogens (tertiary/aromatic N) is 1. The first kappa shape index (κ1) is 15.0. The summed E-state index contributed by atoms with van der Waals surface area (Å²) >= 11 is 0. The van der Waals surface area contributed by atoms with Crippen LogP contribution in [0.5, 0.6) is 0 Å². The summed E-state index contributed by atoms with van der Waals surface area (Å²) in [4.78, 5) is 11.6. The zero-order chi connectivity index (χ0) is 14.1. The molecule has 0 bridgehead atoms. The molecule has 5 heteroatoms. The maximum Gasteiger partial charge on any atom is 0.224 e. The van der Waals surface area contributed by atoms with Crippen LogP contribution in [-0.4, -0.2) is 17.0 Å². The Morgan fingerprint density at radius 3 is 2.58 bits per heavy atom. The highest BCUT2D eigenvalue weighted by Crippen LogP contribution is 2.11. The lowest BCUT2D eigenvalue weighted by Gasteiger charge is -2.06. The third-order valence-electron chi connectivity index (χ3n) is 2.76. The van der Waals surface area contributed by atoms with Crippen LogP contribution in [0.3, 0.4) is 0 Å². The molecule has 0 atom stereocenters. The summed E-state index contributed by atoms with van der Waals surface area (Å²) in [6, 6.07) is 7.33. The first-order valence-corrected chi connectivity index (χ1v) is 6.51. The van der Waals surface area contributed by atoms with Crippen LogP contribution in [0.15, 0.2) is 29.4 Å². The van der Waals surface area contributed by atoms with Crippen LogP contribution in [0, 0.1) is 0 Å². The van der Waals surface area contributed by atoms with E-state index in [4.69, 9.17) is 10.9 Å². The standard InChI is InChI=1S/C14H21N3O2/c1-2-3-4-5-14(18)16-12-8-6-11(7-9-12)10-13(15)17-19/h6-9,19H,2-5,10H2,1H3,(H2,15,17)(H,16,18). The molecule has 0 aliphatic heterocycles. The molecule has 0 heterocycles. The quantitative estimate of drug-likeness (QED) is 0.232. The third kappa shape index (κ3) is 5.90. The van der Waals surface area contributed by atoms with Gasteiger partial charge >= 0.3 is 0 Å². The molecule has 1 rings (SSSR count). The van der Waals surface area contributed by atoms with Gasteiger partial charge in [-0.05, 0) is 24.1 Å². The topological polar surface area (TPSA) is 87.7 Å². The Morgan fingerprint density at radius 1 is 1.32 bits per heavy atom. The molecule has 0 fully saturated rings. The van der Waals surface area contributed by atoms with Crippen LogP contribution >= 0.6 is 0 Å². The Labute approximate surface area is 113 Å². The smallest absolute Gasteiger partial charge is 0.224 e. The molecular formula is C14H21N3O2. The third-order valence-corrected chi connectivity index (χ3v) is 2.76.